The van der Waals surface area contributed by atoms with Gasteiger partial charge in [0.2, 0.25) is 5.88 Å². The largest absolute Gasteiger partial charge is 0.494 e. The predicted octanol–water partition coefficient (Wildman–Crippen LogP) is 4.63. The Labute approximate surface area is 161 Å². The molecule has 0 spiro atoms. The Morgan fingerprint density at radius 1 is 0.815 bits per heavy atom. The van der Waals surface area contributed by atoms with E-state index < -0.39 is 11.2 Å². The van der Waals surface area contributed by atoms with Crippen LogP contribution in [0.5, 0.6) is 5.88 Å². The van der Waals surface area contributed by atoms with Crippen LogP contribution in [0.4, 0.5) is 0 Å². The maximum atomic E-state index is 12.7. The highest BCUT2D eigenvalue weighted by Crippen LogP contribution is 2.12. The van der Waals surface area contributed by atoms with E-state index >= 15 is 0 Å². The number of para-hydroxylation sites is 1. The smallest absolute Gasteiger partial charge is 0.338 e. The number of hydrogen-bond acceptors (Lipinski definition) is 3. The standard InChI is InChI=1S/C22H32N2O3/c1-2-3-4-5-6-7-8-9-10-14-17-23-20(25)18-21(26)24(22(23)27)19-15-12-11-13-16-19/h11-13,15-16,18,25H,2-10,14,17H2,1H3. The summed E-state index contributed by atoms with van der Waals surface area (Å²) in [7, 11) is 0. The number of unbranched alkanes of at least 4 members (excludes halogenated alkanes) is 9. The lowest BCUT2D eigenvalue weighted by atomic mass is 10.1. The second-order valence-electron chi connectivity index (χ2n) is 7.13. The van der Waals surface area contributed by atoms with Gasteiger partial charge in [-0.05, 0) is 18.6 Å². The van der Waals surface area contributed by atoms with Gasteiger partial charge in [-0.3, -0.25) is 9.36 Å². The number of nitrogens with zero attached hydrogens (tertiary/aromatic N) is 2. The first-order valence-electron chi connectivity index (χ1n) is 10.3. The monoisotopic (exact) mass is 372 g/mol. The average molecular weight is 373 g/mol. The molecule has 0 aliphatic rings. The Balaban J connectivity index is 1.85. The zero-order valence-corrected chi connectivity index (χ0v) is 16.4. The molecule has 0 fully saturated rings. The summed E-state index contributed by atoms with van der Waals surface area (Å²) in [5.74, 6) is -0.256. The van der Waals surface area contributed by atoms with Gasteiger partial charge in [-0.25, -0.2) is 9.36 Å². The molecule has 0 amide bonds. The Bertz CT molecular complexity index is 793. The van der Waals surface area contributed by atoms with Crippen molar-refractivity contribution in [3.05, 3.63) is 57.2 Å². The van der Waals surface area contributed by atoms with Crippen LogP contribution < -0.4 is 11.2 Å². The summed E-state index contributed by atoms with van der Waals surface area (Å²) in [6.07, 6.45) is 12.1. The molecule has 27 heavy (non-hydrogen) atoms. The Hall–Kier alpha value is -2.30. The molecule has 5 nitrogen and oxygen atoms in total. The van der Waals surface area contributed by atoms with Crippen molar-refractivity contribution in [2.75, 3.05) is 0 Å². The van der Waals surface area contributed by atoms with Crippen molar-refractivity contribution in [1.29, 1.82) is 0 Å². The molecule has 1 N–H and O–H groups in total. The van der Waals surface area contributed by atoms with Crippen LogP contribution in [0.3, 0.4) is 0 Å². The topological polar surface area (TPSA) is 64.2 Å². The number of benzene rings is 1. The van der Waals surface area contributed by atoms with E-state index in [0.29, 0.717) is 12.2 Å². The molecular formula is C22H32N2O3. The van der Waals surface area contributed by atoms with E-state index in [4.69, 9.17) is 0 Å². The Morgan fingerprint density at radius 3 is 1.96 bits per heavy atom. The van der Waals surface area contributed by atoms with Gasteiger partial charge in [-0.1, -0.05) is 82.9 Å². The van der Waals surface area contributed by atoms with Crippen molar-refractivity contribution >= 4 is 0 Å². The van der Waals surface area contributed by atoms with Crippen molar-refractivity contribution in [3.63, 3.8) is 0 Å². The van der Waals surface area contributed by atoms with Crippen LogP contribution in [0.15, 0.2) is 46.0 Å². The summed E-state index contributed by atoms with van der Waals surface area (Å²) < 4.78 is 2.40. The summed E-state index contributed by atoms with van der Waals surface area (Å²) in [5.41, 5.74) is -0.477. The van der Waals surface area contributed by atoms with Crippen LogP contribution in [0.25, 0.3) is 5.69 Å². The highest BCUT2D eigenvalue weighted by atomic mass is 16.3. The van der Waals surface area contributed by atoms with Gasteiger partial charge in [0, 0.05) is 6.54 Å². The zero-order valence-electron chi connectivity index (χ0n) is 16.4. The van der Waals surface area contributed by atoms with E-state index in [9.17, 15) is 14.7 Å². The minimum atomic E-state index is -0.511. The molecule has 0 unspecified atom stereocenters. The lowest BCUT2D eigenvalue weighted by molar-refractivity contribution is 0.388. The van der Waals surface area contributed by atoms with Gasteiger partial charge in [-0.2, -0.15) is 0 Å². The van der Waals surface area contributed by atoms with E-state index in [0.717, 1.165) is 29.9 Å². The minimum absolute atomic E-state index is 0.256. The third-order valence-electron chi connectivity index (χ3n) is 4.92. The molecule has 0 aliphatic heterocycles. The van der Waals surface area contributed by atoms with Gasteiger partial charge >= 0.3 is 5.69 Å². The molecule has 2 aromatic rings. The summed E-state index contributed by atoms with van der Waals surface area (Å²) in [6.45, 7) is 2.66. The van der Waals surface area contributed by atoms with Crippen molar-refractivity contribution in [2.45, 2.75) is 77.7 Å². The molecule has 1 aromatic carbocycles. The number of aromatic hydroxyl groups is 1. The van der Waals surface area contributed by atoms with E-state index in [2.05, 4.69) is 6.92 Å². The third-order valence-corrected chi connectivity index (χ3v) is 4.92. The SMILES string of the molecule is CCCCCCCCCCCCn1c(O)cc(=O)n(-c2ccccc2)c1=O. The zero-order chi connectivity index (χ0) is 19.5. The molecule has 0 radical (unpaired) electrons. The first kappa shape index (κ1) is 21.0. The van der Waals surface area contributed by atoms with Gasteiger partial charge < -0.3 is 5.11 Å². The van der Waals surface area contributed by atoms with E-state index in [-0.39, 0.29) is 5.88 Å². The van der Waals surface area contributed by atoms with Crippen LogP contribution in [-0.4, -0.2) is 14.2 Å². The van der Waals surface area contributed by atoms with Crippen LogP contribution in [0, 0.1) is 0 Å². The molecule has 0 saturated carbocycles. The lowest BCUT2D eigenvalue weighted by Gasteiger charge is -2.12. The Kier molecular flexibility index (Phi) is 8.89. The fourth-order valence-corrected chi connectivity index (χ4v) is 3.35. The normalized spacial score (nSPS) is 11.0. The maximum absolute atomic E-state index is 12.7. The first-order chi connectivity index (χ1) is 13.1. The predicted molar refractivity (Wildman–Crippen MR) is 110 cm³/mol. The number of hydrogen-bond donors (Lipinski definition) is 1. The second-order valence-corrected chi connectivity index (χ2v) is 7.13. The second kappa shape index (κ2) is 11.4. The van der Waals surface area contributed by atoms with Gasteiger partial charge in [0.05, 0.1) is 11.8 Å². The summed E-state index contributed by atoms with van der Waals surface area (Å²) in [6, 6.07) is 9.93. The summed E-state index contributed by atoms with van der Waals surface area (Å²) >= 11 is 0. The number of rotatable bonds is 12. The molecule has 1 aromatic heterocycles. The molecule has 148 valence electrons. The lowest BCUT2D eigenvalue weighted by Crippen LogP contribution is -2.38. The number of aromatic nitrogens is 2. The molecule has 0 bridgehead atoms. The van der Waals surface area contributed by atoms with Crippen LogP contribution in [0.1, 0.15) is 71.1 Å². The third kappa shape index (κ3) is 6.42. The van der Waals surface area contributed by atoms with Gasteiger partial charge in [0.1, 0.15) is 0 Å². The molecule has 1 heterocycles. The first-order valence-corrected chi connectivity index (χ1v) is 10.3. The maximum Gasteiger partial charge on any atom is 0.338 e. The quantitative estimate of drug-likeness (QED) is 0.553. The highest BCUT2D eigenvalue weighted by molar-refractivity contribution is 5.31. The van der Waals surface area contributed by atoms with Crippen molar-refractivity contribution in [3.8, 4) is 11.6 Å². The fourth-order valence-electron chi connectivity index (χ4n) is 3.35. The van der Waals surface area contributed by atoms with Crippen molar-refractivity contribution in [1.82, 2.24) is 9.13 Å². The average Bonchev–Trinajstić information content (AvgIpc) is 2.66. The highest BCUT2D eigenvalue weighted by Gasteiger charge is 2.11. The molecule has 5 heteroatoms. The van der Waals surface area contributed by atoms with Crippen LogP contribution >= 0.6 is 0 Å². The molecule has 0 atom stereocenters. The van der Waals surface area contributed by atoms with Crippen LogP contribution in [-0.2, 0) is 6.54 Å². The van der Waals surface area contributed by atoms with Crippen molar-refractivity contribution < 1.29 is 5.11 Å². The fraction of sp³-hybridized carbons (Fsp3) is 0.545. The van der Waals surface area contributed by atoms with E-state index in [1.165, 1.54) is 49.5 Å². The molecule has 0 saturated heterocycles. The van der Waals surface area contributed by atoms with E-state index in [1.807, 2.05) is 6.07 Å². The summed E-state index contributed by atoms with van der Waals surface area (Å²) in [5, 5.41) is 10.0. The van der Waals surface area contributed by atoms with Crippen molar-refractivity contribution in [2.24, 2.45) is 0 Å². The molecule has 0 aliphatic carbocycles. The van der Waals surface area contributed by atoms with Gasteiger partial charge in [0.25, 0.3) is 5.56 Å². The van der Waals surface area contributed by atoms with Gasteiger partial charge in [-0.15, -0.1) is 0 Å². The summed E-state index contributed by atoms with van der Waals surface area (Å²) in [4.78, 5) is 24.8. The van der Waals surface area contributed by atoms with E-state index in [1.54, 1.807) is 24.3 Å². The van der Waals surface area contributed by atoms with Crippen LogP contribution in [0.2, 0.25) is 0 Å². The Morgan fingerprint density at radius 2 is 1.37 bits per heavy atom. The molecular weight excluding hydrogens is 340 g/mol. The molecule has 2 rings (SSSR count). The minimum Gasteiger partial charge on any atom is -0.494 e. The van der Waals surface area contributed by atoms with Gasteiger partial charge in [0.15, 0.2) is 0 Å².